The van der Waals surface area contributed by atoms with Crippen LogP contribution in [0.15, 0.2) is 35.0 Å². The van der Waals surface area contributed by atoms with Crippen LogP contribution in [0.5, 0.6) is 0 Å². The average molecular weight is 1060 g/mol. The highest BCUT2D eigenvalue weighted by Gasteiger charge is 2.28. The molecule has 0 bridgehead atoms. The summed E-state index contributed by atoms with van der Waals surface area (Å²) in [5.74, 6) is -1.90. The molecule has 1 atom stereocenters. The molecule has 1 fully saturated rings. The zero-order valence-corrected chi connectivity index (χ0v) is 43.6. The Hall–Kier alpha value is -5.32. The Morgan fingerprint density at radius 3 is 1.72 bits per heavy atom. The van der Waals surface area contributed by atoms with E-state index >= 15 is 0 Å². The van der Waals surface area contributed by atoms with Crippen LogP contribution in [0, 0.1) is 0 Å². The number of amidine groups is 1. The van der Waals surface area contributed by atoms with Crippen LogP contribution >= 0.6 is 0 Å². The lowest BCUT2D eigenvalue weighted by molar-refractivity contribution is -0.180. The second-order valence-corrected chi connectivity index (χ2v) is 16.9. The van der Waals surface area contributed by atoms with Gasteiger partial charge in [-0.15, -0.1) is 0 Å². The molecule has 25 heteroatoms. The third-order valence-corrected chi connectivity index (χ3v) is 11.0. The molecule has 0 spiro atoms. The summed E-state index contributed by atoms with van der Waals surface area (Å²) < 4.78 is 54.9. The molecule has 0 aliphatic carbocycles. The highest BCUT2D eigenvalue weighted by Crippen LogP contribution is 2.28. The van der Waals surface area contributed by atoms with Gasteiger partial charge in [0.15, 0.2) is 0 Å². The predicted molar refractivity (Wildman–Crippen MR) is 270 cm³/mol. The van der Waals surface area contributed by atoms with Crippen LogP contribution in [-0.4, -0.2) is 239 Å². The summed E-state index contributed by atoms with van der Waals surface area (Å²) in [4.78, 5) is 91.3. The number of hydrogen-bond donors (Lipinski definition) is 3. The first-order chi connectivity index (χ1) is 36.6. The number of nitrogens with two attached hydrogens (primary N) is 1. The molecule has 4 rings (SSSR count). The Morgan fingerprint density at radius 2 is 1.21 bits per heavy atom. The van der Waals surface area contributed by atoms with E-state index in [9.17, 15) is 28.8 Å². The van der Waals surface area contributed by atoms with E-state index in [-0.39, 0.29) is 68.7 Å². The molecule has 1 aromatic heterocycles. The maximum atomic E-state index is 13.6. The van der Waals surface area contributed by atoms with Gasteiger partial charge in [0.2, 0.25) is 11.8 Å². The van der Waals surface area contributed by atoms with Crippen molar-refractivity contribution >= 4 is 53.0 Å². The van der Waals surface area contributed by atoms with Crippen LogP contribution in [0.4, 0.5) is 5.69 Å². The number of aliphatic imine (C=N–C) groups is 1. The number of carbonyl (C=O) groups is 6. The summed E-state index contributed by atoms with van der Waals surface area (Å²) in [6.45, 7) is 13.3. The van der Waals surface area contributed by atoms with Crippen LogP contribution in [0.3, 0.4) is 0 Å². The lowest BCUT2D eigenvalue weighted by Crippen LogP contribution is -2.49. The Labute approximate surface area is 438 Å². The number of hydroxylamine groups is 2. The van der Waals surface area contributed by atoms with Gasteiger partial charge in [0.1, 0.15) is 12.4 Å². The first-order valence-corrected chi connectivity index (χ1v) is 25.7. The maximum absolute atomic E-state index is 13.6. The van der Waals surface area contributed by atoms with Crippen molar-refractivity contribution in [2.24, 2.45) is 10.7 Å². The number of fused-ring (bicyclic) bond motifs is 1. The molecule has 3 aliphatic heterocycles. The van der Waals surface area contributed by atoms with Gasteiger partial charge in [-0.2, -0.15) is 0 Å². The minimum atomic E-state index is -0.501. The van der Waals surface area contributed by atoms with Crippen LogP contribution < -0.4 is 16.4 Å². The van der Waals surface area contributed by atoms with Crippen molar-refractivity contribution in [3.8, 4) is 0 Å². The lowest BCUT2D eigenvalue weighted by atomic mass is 10.0. The number of pyridine rings is 1. The van der Waals surface area contributed by atoms with E-state index in [1.54, 1.807) is 17.0 Å². The highest BCUT2D eigenvalue weighted by atomic mass is 16.7. The van der Waals surface area contributed by atoms with Crippen LogP contribution in [0.2, 0.25) is 0 Å². The normalized spacial score (nSPS) is 15.4. The van der Waals surface area contributed by atoms with Gasteiger partial charge in [-0.3, -0.25) is 43.5 Å². The molecule has 1 saturated heterocycles. The monoisotopic (exact) mass is 1060 g/mol. The quantitative estimate of drug-likeness (QED) is 0.0453. The SMILES string of the molecule is CCCN(OCC)C(=O)C1=Cc2ncc(C(=O)N3CCC[C@@H](NC(=O)CCOCCOCCOCCOCCOCCOCCOCCOCCOCCOCCNC(=O)CN4C(=O)C=CC4=O)C3)cc2N=C(N)C1. The van der Waals surface area contributed by atoms with E-state index < -0.39 is 17.7 Å². The van der Waals surface area contributed by atoms with Gasteiger partial charge >= 0.3 is 0 Å². The van der Waals surface area contributed by atoms with Crippen LogP contribution in [-0.2, 0) is 76.2 Å². The van der Waals surface area contributed by atoms with E-state index in [0.717, 1.165) is 36.3 Å². The number of rotatable bonds is 42. The number of imide groups is 1. The zero-order chi connectivity index (χ0) is 53.7. The summed E-state index contributed by atoms with van der Waals surface area (Å²) >= 11 is 0. The second-order valence-electron chi connectivity index (χ2n) is 16.9. The summed E-state index contributed by atoms with van der Waals surface area (Å²) in [5, 5.41) is 6.94. The largest absolute Gasteiger partial charge is 0.387 e. The van der Waals surface area contributed by atoms with Crippen molar-refractivity contribution in [2.75, 3.05) is 171 Å². The first kappa shape index (κ1) is 62.2. The number of ether oxygens (including phenoxy) is 10. The fourth-order valence-corrected chi connectivity index (χ4v) is 7.33. The van der Waals surface area contributed by atoms with Gasteiger partial charge in [-0.25, -0.2) is 10.1 Å². The maximum Gasteiger partial charge on any atom is 0.273 e. The fourth-order valence-electron chi connectivity index (χ4n) is 7.33. The van der Waals surface area contributed by atoms with E-state index in [1.165, 1.54) is 11.3 Å². The average Bonchev–Trinajstić information content (AvgIpc) is 3.60. The number of nitrogens with zero attached hydrogens (tertiary/aromatic N) is 5. The summed E-state index contributed by atoms with van der Waals surface area (Å²) in [6.07, 6.45) is 7.89. The van der Waals surface area contributed by atoms with Crippen LogP contribution in [0.25, 0.3) is 6.08 Å². The van der Waals surface area contributed by atoms with Crippen molar-refractivity contribution in [3.63, 3.8) is 0 Å². The molecule has 0 unspecified atom stereocenters. The van der Waals surface area contributed by atoms with Gasteiger partial charge in [0.25, 0.3) is 23.6 Å². The standard InChI is InChI=1S/C50H78N8O17/c1-3-11-58(75-4-2)50(64)39-33-42-43(55-44(51)35-39)34-40(36-53-42)49(63)56-12-5-6-41(37-56)54-45(59)9-13-65-15-17-67-19-21-69-23-25-71-27-29-73-31-32-74-30-28-72-26-24-70-22-20-68-18-16-66-14-10-52-46(60)38-57-47(61)7-8-48(57)62/h7-8,33-34,36,41H,3-6,9-32,35,37-38H2,1-2H3,(H2,51,55)(H,52,60)(H,54,59)/t41-/m1/s1. The molecule has 420 valence electrons. The van der Waals surface area contributed by atoms with E-state index in [2.05, 4.69) is 20.6 Å². The third kappa shape index (κ3) is 25.9. The summed E-state index contributed by atoms with van der Waals surface area (Å²) in [7, 11) is 0. The number of piperidine rings is 1. The predicted octanol–water partition coefficient (Wildman–Crippen LogP) is 0.366. The first-order valence-electron chi connectivity index (χ1n) is 25.7. The number of nitrogens with one attached hydrogen (secondary N) is 2. The molecule has 0 saturated carbocycles. The number of carbonyl (C=O) groups excluding carboxylic acids is 6. The fraction of sp³-hybridized carbons (Fsp3) is 0.680. The van der Waals surface area contributed by atoms with Crippen molar-refractivity contribution in [1.82, 2.24) is 30.5 Å². The minimum Gasteiger partial charge on any atom is -0.387 e. The van der Waals surface area contributed by atoms with Crippen molar-refractivity contribution in [2.45, 2.75) is 52.0 Å². The number of hydrogen-bond acceptors (Lipinski definition) is 20. The minimum absolute atomic E-state index is 0.124. The topological polar surface area (TPSA) is 289 Å². The van der Waals surface area contributed by atoms with E-state index in [1.807, 2.05) is 13.8 Å². The van der Waals surface area contributed by atoms with Crippen LogP contribution in [0.1, 0.15) is 62.0 Å². The van der Waals surface area contributed by atoms with Crippen molar-refractivity contribution in [3.05, 3.63) is 41.2 Å². The third-order valence-electron chi connectivity index (χ3n) is 11.0. The summed E-state index contributed by atoms with van der Waals surface area (Å²) in [5.41, 5.74) is 7.77. The zero-order valence-electron chi connectivity index (χ0n) is 43.6. The molecule has 4 heterocycles. The Balaban J connectivity index is 0.860. The number of aromatic nitrogens is 1. The molecule has 4 N–H and O–H groups in total. The smallest absolute Gasteiger partial charge is 0.273 e. The Bertz CT molecular complexity index is 1970. The van der Waals surface area contributed by atoms with Gasteiger partial charge in [0.05, 0.1) is 156 Å². The molecule has 1 aromatic rings. The van der Waals surface area contributed by atoms with Gasteiger partial charge < -0.3 is 68.6 Å². The Morgan fingerprint density at radius 1 is 0.707 bits per heavy atom. The lowest BCUT2D eigenvalue weighted by Gasteiger charge is -2.33. The molecule has 0 radical (unpaired) electrons. The molecule has 25 nitrogen and oxygen atoms in total. The molecule has 0 aromatic carbocycles. The highest BCUT2D eigenvalue weighted by molar-refractivity contribution is 6.14. The van der Waals surface area contributed by atoms with Crippen molar-refractivity contribution < 1.29 is 81.0 Å². The second kappa shape index (κ2) is 38.3. The van der Waals surface area contributed by atoms with Gasteiger partial charge in [-0.1, -0.05) is 6.92 Å². The van der Waals surface area contributed by atoms with Gasteiger partial charge in [-0.05, 0) is 38.3 Å². The number of likely N-dealkylation sites (tertiary alicyclic amines) is 1. The van der Waals surface area contributed by atoms with Gasteiger partial charge in [0, 0.05) is 69.0 Å². The van der Waals surface area contributed by atoms with Crippen molar-refractivity contribution in [1.29, 1.82) is 0 Å². The Kier molecular flexibility index (Phi) is 31.7. The summed E-state index contributed by atoms with van der Waals surface area (Å²) in [6, 6.07) is 1.44. The molecule has 75 heavy (non-hydrogen) atoms. The molecule has 3 aliphatic rings. The van der Waals surface area contributed by atoms with E-state index in [4.69, 9.17) is 57.9 Å². The molecule has 6 amide bonds. The molecular weight excluding hydrogens is 985 g/mol. The van der Waals surface area contributed by atoms with E-state index in [0.29, 0.717) is 168 Å². The molecular formula is C50H78N8O17. The number of amides is 6.